The molecule has 1 fully saturated rings. The maximum atomic E-state index is 14.0. The first kappa shape index (κ1) is 25.6. The van der Waals surface area contributed by atoms with Gasteiger partial charge in [-0.2, -0.15) is 0 Å². The first-order chi connectivity index (χ1) is 18.8. The van der Waals surface area contributed by atoms with Crippen molar-refractivity contribution in [3.8, 4) is 23.0 Å². The molecule has 4 heterocycles. The van der Waals surface area contributed by atoms with Crippen LogP contribution in [0.25, 0.3) is 32.6 Å². The molecule has 2 aliphatic heterocycles. The Morgan fingerprint density at radius 3 is 2.49 bits per heavy atom. The Morgan fingerprint density at radius 1 is 1.00 bits per heavy atom. The fourth-order valence-electron chi connectivity index (χ4n) is 5.19. The summed E-state index contributed by atoms with van der Waals surface area (Å²) in [6, 6.07) is 6.86. The van der Waals surface area contributed by atoms with E-state index in [9.17, 15) is 20.1 Å². The van der Waals surface area contributed by atoms with Gasteiger partial charge in [-0.3, -0.25) is 9.78 Å². The van der Waals surface area contributed by atoms with Gasteiger partial charge < -0.3 is 48.9 Å². The number of ether oxygens (including phenoxy) is 5. The van der Waals surface area contributed by atoms with Crippen molar-refractivity contribution >= 4 is 32.6 Å². The number of hydrogen-bond acceptors (Lipinski definition) is 11. The SMILES string of the molecule is CNCCn1c(=O)c2cc(O[C@@H]3O[C@@H](C)[C@@H](O)[C@@H](O)[C@@H]3O)c(OC)cc2c2cnc3cc4c(cc3c21)OCO4. The average molecular weight is 540 g/mol. The number of rotatable bonds is 6. The van der Waals surface area contributed by atoms with Crippen LogP contribution in [-0.4, -0.2) is 83.1 Å². The van der Waals surface area contributed by atoms with Crippen molar-refractivity contribution in [1.82, 2.24) is 14.9 Å². The number of fused-ring (bicyclic) bond motifs is 6. The first-order valence-corrected chi connectivity index (χ1v) is 12.6. The van der Waals surface area contributed by atoms with E-state index in [2.05, 4.69) is 10.3 Å². The maximum absolute atomic E-state index is 14.0. The minimum absolute atomic E-state index is 0.118. The van der Waals surface area contributed by atoms with E-state index >= 15 is 0 Å². The number of likely N-dealkylation sites (N-methyl/N-ethyl adjacent to an activating group) is 1. The van der Waals surface area contributed by atoms with E-state index in [0.29, 0.717) is 46.4 Å². The number of aromatic nitrogens is 2. The largest absolute Gasteiger partial charge is 0.493 e. The molecule has 1 saturated heterocycles. The summed E-state index contributed by atoms with van der Waals surface area (Å²) in [6.07, 6.45) is -4.65. The van der Waals surface area contributed by atoms with Crippen LogP contribution in [-0.2, 0) is 11.3 Å². The Balaban J connectivity index is 1.56. The lowest BCUT2D eigenvalue weighted by atomic mass is 10.00. The molecule has 2 aliphatic rings. The number of methoxy groups -OCH3 is 1. The summed E-state index contributed by atoms with van der Waals surface area (Å²) in [5, 5.41) is 36.2. The molecule has 2 aromatic carbocycles. The number of nitrogens with one attached hydrogen (secondary N) is 1. The minimum atomic E-state index is -1.52. The van der Waals surface area contributed by atoms with Gasteiger partial charge >= 0.3 is 0 Å². The summed E-state index contributed by atoms with van der Waals surface area (Å²) in [4.78, 5) is 18.6. The zero-order chi connectivity index (χ0) is 27.4. The number of hydrogen-bond donors (Lipinski definition) is 4. The van der Waals surface area contributed by atoms with E-state index in [1.807, 2.05) is 13.1 Å². The summed E-state index contributed by atoms with van der Waals surface area (Å²) in [6.45, 7) is 2.59. The van der Waals surface area contributed by atoms with Gasteiger partial charge in [0, 0.05) is 41.5 Å². The molecule has 12 heteroatoms. The molecule has 6 rings (SSSR count). The molecule has 0 saturated carbocycles. The molecular weight excluding hydrogens is 510 g/mol. The lowest BCUT2D eigenvalue weighted by Crippen LogP contribution is -2.58. The summed E-state index contributed by atoms with van der Waals surface area (Å²) in [7, 11) is 3.27. The van der Waals surface area contributed by atoms with Crippen LogP contribution in [0.1, 0.15) is 6.92 Å². The van der Waals surface area contributed by atoms with Crippen LogP contribution in [0.5, 0.6) is 23.0 Å². The van der Waals surface area contributed by atoms with Crippen molar-refractivity contribution in [2.24, 2.45) is 0 Å². The second-order valence-corrected chi connectivity index (χ2v) is 9.65. The molecule has 39 heavy (non-hydrogen) atoms. The second-order valence-electron chi connectivity index (χ2n) is 9.65. The molecule has 0 aliphatic carbocycles. The van der Waals surface area contributed by atoms with Crippen LogP contribution in [0, 0.1) is 0 Å². The third-order valence-electron chi connectivity index (χ3n) is 7.31. The van der Waals surface area contributed by atoms with Crippen molar-refractivity contribution < 1.29 is 39.0 Å². The molecule has 5 atom stereocenters. The number of aliphatic hydroxyl groups excluding tert-OH is 3. The smallest absolute Gasteiger partial charge is 0.259 e. The van der Waals surface area contributed by atoms with Crippen LogP contribution >= 0.6 is 0 Å². The fourth-order valence-corrected chi connectivity index (χ4v) is 5.19. The standard InChI is InChI=1S/C27H29N3O9/c1-12-23(31)24(32)25(33)27(38-12)39-21-7-14-13(6-18(21)35-3)16-10-29-17-9-20-19(36-11-37-20)8-15(17)22(16)30(26(14)34)5-4-28-2/h6-10,12,23-25,27-28,31-33H,4-5,11H2,1-3H3/t12-,23+,24+,25-,27-/m0/s1. The quantitative estimate of drug-likeness (QED) is 0.258. The molecule has 2 aromatic heterocycles. The van der Waals surface area contributed by atoms with Gasteiger partial charge in [0.05, 0.1) is 29.6 Å². The van der Waals surface area contributed by atoms with E-state index in [4.69, 9.17) is 23.7 Å². The summed E-state index contributed by atoms with van der Waals surface area (Å²) in [5.41, 5.74) is 1.09. The van der Waals surface area contributed by atoms with Crippen molar-refractivity contribution in [3.63, 3.8) is 0 Å². The number of nitrogens with zero attached hydrogens (tertiary/aromatic N) is 2. The highest BCUT2D eigenvalue weighted by molar-refractivity contribution is 6.15. The average Bonchev–Trinajstić information content (AvgIpc) is 3.40. The first-order valence-electron chi connectivity index (χ1n) is 12.6. The van der Waals surface area contributed by atoms with Gasteiger partial charge in [0.2, 0.25) is 13.1 Å². The summed E-state index contributed by atoms with van der Waals surface area (Å²) >= 11 is 0. The van der Waals surface area contributed by atoms with Crippen molar-refractivity contribution in [2.75, 3.05) is 27.5 Å². The topological polar surface area (TPSA) is 154 Å². The summed E-state index contributed by atoms with van der Waals surface area (Å²) in [5.74, 6) is 1.60. The number of pyridine rings is 2. The van der Waals surface area contributed by atoms with Crippen molar-refractivity contribution in [2.45, 2.75) is 44.2 Å². The van der Waals surface area contributed by atoms with Gasteiger partial charge in [-0.25, -0.2) is 0 Å². The number of benzene rings is 2. The zero-order valence-electron chi connectivity index (χ0n) is 21.6. The molecule has 0 spiro atoms. The van der Waals surface area contributed by atoms with Gasteiger partial charge in [-0.15, -0.1) is 0 Å². The monoisotopic (exact) mass is 539 g/mol. The lowest BCUT2D eigenvalue weighted by molar-refractivity contribution is -0.268. The van der Waals surface area contributed by atoms with E-state index < -0.39 is 30.7 Å². The van der Waals surface area contributed by atoms with E-state index in [1.165, 1.54) is 13.2 Å². The van der Waals surface area contributed by atoms with Crippen LogP contribution in [0.2, 0.25) is 0 Å². The molecule has 4 N–H and O–H groups in total. The highest BCUT2D eigenvalue weighted by atomic mass is 16.7. The van der Waals surface area contributed by atoms with Crippen LogP contribution in [0.4, 0.5) is 0 Å². The predicted molar refractivity (Wildman–Crippen MR) is 141 cm³/mol. The number of aliphatic hydroxyl groups is 3. The zero-order valence-corrected chi connectivity index (χ0v) is 21.6. The molecule has 0 unspecified atom stereocenters. The molecule has 0 bridgehead atoms. The predicted octanol–water partition coefficient (Wildman–Crippen LogP) is 0.866. The Morgan fingerprint density at radius 2 is 1.74 bits per heavy atom. The van der Waals surface area contributed by atoms with Crippen LogP contribution in [0.3, 0.4) is 0 Å². The van der Waals surface area contributed by atoms with E-state index in [0.717, 1.165) is 10.8 Å². The molecule has 0 amide bonds. The Labute approximate surface area is 222 Å². The van der Waals surface area contributed by atoms with Crippen molar-refractivity contribution in [3.05, 3.63) is 40.8 Å². The van der Waals surface area contributed by atoms with Crippen molar-refractivity contribution in [1.29, 1.82) is 0 Å². The molecule has 0 radical (unpaired) electrons. The van der Waals surface area contributed by atoms with Crippen LogP contribution < -0.4 is 29.8 Å². The van der Waals surface area contributed by atoms with Crippen LogP contribution in [0.15, 0.2) is 35.3 Å². The van der Waals surface area contributed by atoms with Gasteiger partial charge in [0.15, 0.2) is 23.0 Å². The van der Waals surface area contributed by atoms with Gasteiger partial charge in [-0.1, -0.05) is 0 Å². The highest BCUT2D eigenvalue weighted by Gasteiger charge is 2.43. The normalized spacial score (nSPS) is 24.5. The molecule has 206 valence electrons. The highest BCUT2D eigenvalue weighted by Crippen LogP contribution is 2.40. The molecule has 12 nitrogen and oxygen atoms in total. The third-order valence-corrected chi connectivity index (χ3v) is 7.31. The van der Waals surface area contributed by atoms with Gasteiger partial charge in [-0.05, 0) is 32.2 Å². The minimum Gasteiger partial charge on any atom is -0.493 e. The Bertz CT molecular complexity index is 1640. The Kier molecular flexibility index (Phi) is 6.44. The second kappa shape index (κ2) is 9.81. The van der Waals surface area contributed by atoms with E-state index in [1.54, 1.807) is 29.8 Å². The van der Waals surface area contributed by atoms with Gasteiger partial charge in [0.25, 0.3) is 5.56 Å². The third kappa shape index (κ3) is 4.12. The fraction of sp³-hybridized carbons (Fsp3) is 0.407. The molecule has 4 aromatic rings. The Hall–Kier alpha value is -3.68. The lowest BCUT2D eigenvalue weighted by Gasteiger charge is -2.39. The maximum Gasteiger partial charge on any atom is 0.259 e. The van der Waals surface area contributed by atoms with E-state index in [-0.39, 0.29) is 23.9 Å². The molecular formula is C27H29N3O9. The van der Waals surface area contributed by atoms with Gasteiger partial charge in [0.1, 0.15) is 18.3 Å². The summed E-state index contributed by atoms with van der Waals surface area (Å²) < 4.78 is 29.9.